The fourth-order valence-corrected chi connectivity index (χ4v) is 3.15. The lowest BCUT2D eigenvalue weighted by Crippen LogP contribution is -2.12. The van der Waals surface area contributed by atoms with E-state index in [0.717, 1.165) is 22.7 Å². The fraction of sp³-hybridized carbons (Fsp3) is 0.174. The molecule has 0 aliphatic heterocycles. The summed E-state index contributed by atoms with van der Waals surface area (Å²) < 4.78 is 7.12. The number of hydrogen-bond acceptors (Lipinski definition) is 5. The Hall–Kier alpha value is -3.87. The van der Waals surface area contributed by atoms with Crippen molar-refractivity contribution in [3.05, 3.63) is 72.6 Å². The zero-order valence-electron chi connectivity index (χ0n) is 17.2. The minimum atomic E-state index is -0.293. The lowest BCUT2D eigenvalue weighted by atomic mass is 10.1. The summed E-state index contributed by atoms with van der Waals surface area (Å²) in [6, 6.07) is 19.0. The molecule has 30 heavy (non-hydrogen) atoms. The van der Waals surface area contributed by atoms with Crippen LogP contribution < -0.4 is 15.0 Å². The molecule has 0 spiro atoms. The summed E-state index contributed by atoms with van der Waals surface area (Å²) >= 11 is 0. The van der Waals surface area contributed by atoms with E-state index in [0.29, 0.717) is 23.6 Å². The Bertz CT molecular complexity index is 1160. The van der Waals surface area contributed by atoms with Gasteiger partial charge in [0.1, 0.15) is 5.75 Å². The first kappa shape index (κ1) is 19.4. The predicted molar refractivity (Wildman–Crippen MR) is 118 cm³/mol. The minimum Gasteiger partial charge on any atom is -0.494 e. The normalized spacial score (nSPS) is 10.8. The number of aromatic nitrogens is 3. The quantitative estimate of drug-likeness (QED) is 0.526. The van der Waals surface area contributed by atoms with Crippen LogP contribution >= 0.6 is 0 Å². The van der Waals surface area contributed by atoms with Crippen LogP contribution in [0.25, 0.3) is 16.9 Å². The predicted octanol–water partition coefficient (Wildman–Crippen LogP) is 4.11. The summed E-state index contributed by atoms with van der Waals surface area (Å²) in [6.45, 7) is 2.53. The van der Waals surface area contributed by atoms with Gasteiger partial charge in [0.2, 0.25) is 0 Å². The molecule has 152 valence electrons. The van der Waals surface area contributed by atoms with Crippen LogP contribution in [0.5, 0.6) is 5.75 Å². The SMILES string of the molecule is CCOc1ccc(NC(=O)c2cc3nccc(-c4ccc(N(C)C)cc4)n3n2)cc1. The van der Waals surface area contributed by atoms with Crippen LogP contribution in [0.2, 0.25) is 0 Å². The van der Waals surface area contributed by atoms with Crippen LogP contribution in [0.15, 0.2) is 66.9 Å². The van der Waals surface area contributed by atoms with Crippen molar-refractivity contribution < 1.29 is 9.53 Å². The summed E-state index contributed by atoms with van der Waals surface area (Å²) in [5.74, 6) is 0.468. The highest BCUT2D eigenvalue weighted by molar-refractivity contribution is 6.03. The van der Waals surface area contributed by atoms with Crippen molar-refractivity contribution in [3.8, 4) is 17.0 Å². The van der Waals surface area contributed by atoms with E-state index < -0.39 is 0 Å². The highest BCUT2D eigenvalue weighted by Crippen LogP contribution is 2.23. The first-order valence-electron chi connectivity index (χ1n) is 9.72. The van der Waals surface area contributed by atoms with E-state index >= 15 is 0 Å². The lowest BCUT2D eigenvalue weighted by molar-refractivity contribution is 0.102. The molecule has 4 aromatic rings. The van der Waals surface area contributed by atoms with Gasteiger partial charge in [-0.15, -0.1) is 0 Å². The minimum absolute atomic E-state index is 0.293. The van der Waals surface area contributed by atoms with E-state index in [4.69, 9.17) is 4.74 Å². The highest BCUT2D eigenvalue weighted by Gasteiger charge is 2.14. The van der Waals surface area contributed by atoms with Gasteiger partial charge in [-0.25, -0.2) is 9.50 Å². The van der Waals surface area contributed by atoms with E-state index in [2.05, 4.69) is 15.4 Å². The second-order valence-electron chi connectivity index (χ2n) is 6.98. The molecule has 2 aromatic carbocycles. The van der Waals surface area contributed by atoms with Gasteiger partial charge in [-0.2, -0.15) is 5.10 Å². The van der Waals surface area contributed by atoms with Gasteiger partial charge in [0.15, 0.2) is 11.3 Å². The Morgan fingerprint density at radius 3 is 2.47 bits per heavy atom. The number of amides is 1. The molecule has 1 N–H and O–H groups in total. The topological polar surface area (TPSA) is 71.8 Å². The molecule has 1 amide bonds. The van der Waals surface area contributed by atoms with Crippen molar-refractivity contribution in [2.24, 2.45) is 0 Å². The zero-order chi connectivity index (χ0) is 21.1. The van der Waals surface area contributed by atoms with Crippen molar-refractivity contribution in [3.63, 3.8) is 0 Å². The van der Waals surface area contributed by atoms with Crippen LogP contribution in [0.4, 0.5) is 11.4 Å². The Labute approximate surface area is 174 Å². The van der Waals surface area contributed by atoms with Gasteiger partial charge in [-0.1, -0.05) is 12.1 Å². The smallest absolute Gasteiger partial charge is 0.276 e. The van der Waals surface area contributed by atoms with Gasteiger partial charge in [-0.05, 0) is 49.4 Å². The third-order valence-electron chi connectivity index (χ3n) is 4.69. The van der Waals surface area contributed by atoms with Gasteiger partial charge in [0.05, 0.1) is 12.3 Å². The third-order valence-corrected chi connectivity index (χ3v) is 4.69. The number of carbonyl (C=O) groups is 1. The molecule has 0 bridgehead atoms. The molecule has 0 fully saturated rings. The molecule has 4 rings (SSSR count). The van der Waals surface area contributed by atoms with E-state index in [-0.39, 0.29) is 5.91 Å². The summed E-state index contributed by atoms with van der Waals surface area (Å²) in [5, 5.41) is 7.36. The zero-order valence-corrected chi connectivity index (χ0v) is 17.2. The average molecular weight is 401 g/mol. The van der Waals surface area contributed by atoms with Crippen LogP contribution in [0, 0.1) is 0 Å². The molecular formula is C23H23N5O2. The second-order valence-corrected chi connectivity index (χ2v) is 6.98. The van der Waals surface area contributed by atoms with Gasteiger partial charge >= 0.3 is 0 Å². The Morgan fingerprint density at radius 2 is 1.80 bits per heavy atom. The van der Waals surface area contributed by atoms with E-state index in [1.165, 1.54) is 0 Å². The Balaban J connectivity index is 1.60. The number of benzene rings is 2. The third kappa shape index (κ3) is 3.96. The van der Waals surface area contributed by atoms with Gasteiger partial charge < -0.3 is 15.0 Å². The van der Waals surface area contributed by atoms with E-state index in [1.807, 2.05) is 68.4 Å². The fourth-order valence-electron chi connectivity index (χ4n) is 3.15. The molecular weight excluding hydrogens is 378 g/mol. The standard InChI is InChI=1S/C23H23N5O2/c1-4-30-19-11-7-17(8-12-19)25-23(29)20-15-22-24-14-13-21(28(22)26-20)16-5-9-18(10-6-16)27(2)3/h5-15H,4H2,1-3H3,(H,25,29). The van der Waals surface area contributed by atoms with Gasteiger partial charge in [0.25, 0.3) is 5.91 Å². The number of ether oxygens (including phenoxy) is 1. The van der Waals surface area contributed by atoms with Crippen molar-refractivity contribution in [2.75, 3.05) is 30.9 Å². The molecule has 2 heterocycles. The van der Waals surface area contributed by atoms with E-state index in [1.54, 1.807) is 28.9 Å². The number of hydrogen-bond donors (Lipinski definition) is 1. The highest BCUT2D eigenvalue weighted by atomic mass is 16.5. The molecule has 0 radical (unpaired) electrons. The van der Waals surface area contributed by atoms with Crippen molar-refractivity contribution in [1.82, 2.24) is 14.6 Å². The number of fused-ring (bicyclic) bond motifs is 1. The van der Waals surface area contributed by atoms with Crippen LogP contribution in [-0.4, -0.2) is 41.2 Å². The molecule has 0 saturated heterocycles. The van der Waals surface area contributed by atoms with Gasteiger partial charge in [0, 0.05) is 43.3 Å². The number of anilines is 2. The number of nitrogens with one attached hydrogen (secondary N) is 1. The maximum atomic E-state index is 12.7. The average Bonchev–Trinajstić information content (AvgIpc) is 3.20. The van der Waals surface area contributed by atoms with Crippen LogP contribution in [-0.2, 0) is 0 Å². The summed E-state index contributed by atoms with van der Waals surface area (Å²) in [4.78, 5) is 19.1. The Morgan fingerprint density at radius 1 is 1.07 bits per heavy atom. The molecule has 7 nitrogen and oxygen atoms in total. The largest absolute Gasteiger partial charge is 0.494 e. The maximum absolute atomic E-state index is 12.7. The van der Waals surface area contributed by atoms with E-state index in [9.17, 15) is 4.79 Å². The van der Waals surface area contributed by atoms with Crippen molar-refractivity contribution >= 4 is 22.9 Å². The van der Waals surface area contributed by atoms with Gasteiger partial charge in [-0.3, -0.25) is 4.79 Å². The summed E-state index contributed by atoms with van der Waals surface area (Å²) in [6.07, 6.45) is 1.72. The number of nitrogens with zero attached hydrogens (tertiary/aromatic N) is 4. The first-order chi connectivity index (χ1) is 14.5. The lowest BCUT2D eigenvalue weighted by Gasteiger charge is -2.13. The van der Waals surface area contributed by atoms with Crippen molar-refractivity contribution in [2.45, 2.75) is 6.92 Å². The molecule has 0 saturated carbocycles. The first-order valence-corrected chi connectivity index (χ1v) is 9.72. The van der Waals surface area contributed by atoms with Crippen LogP contribution in [0.3, 0.4) is 0 Å². The molecule has 2 aromatic heterocycles. The molecule has 0 atom stereocenters. The Kier molecular flexibility index (Phi) is 5.34. The number of rotatable bonds is 6. The monoisotopic (exact) mass is 401 g/mol. The maximum Gasteiger partial charge on any atom is 0.276 e. The molecule has 0 aliphatic carbocycles. The second kappa shape index (κ2) is 8.24. The number of carbonyl (C=O) groups excluding carboxylic acids is 1. The molecule has 0 aliphatic rings. The van der Waals surface area contributed by atoms with Crippen molar-refractivity contribution in [1.29, 1.82) is 0 Å². The summed E-state index contributed by atoms with van der Waals surface area (Å²) in [5.41, 5.74) is 4.56. The molecule has 0 unspecified atom stereocenters. The van der Waals surface area contributed by atoms with Crippen LogP contribution in [0.1, 0.15) is 17.4 Å². The summed E-state index contributed by atoms with van der Waals surface area (Å²) in [7, 11) is 4.00. The molecule has 7 heteroatoms.